The number of nitrogen functional groups attached to an aromatic ring is 1. The van der Waals surface area contributed by atoms with E-state index in [2.05, 4.69) is 12.2 Å². The number of benzene rings is 1. The highest BCUT2D eigenvalue weighted by Crippen LogP contribution is 2.19. The van der Waals surface area contributed by atoms with Gasteiger partial charge in [-0.25, -0.2) is 0 Å². The lowest BCUT2D eigenvalue weighted by Crippen LogP contribution is -2.25. The van der Waals surface area contributed by atoms with Crippen LogP contribution in [0.1, 0.15) is 51.5 Å². The Labute approximate surface area is 128 Å². The Morgan fingerprint density at radius 3 is 2.48 bits per heavy atom. The van der Waals surface area contributed by atoms with Gasteiger partial charge >= 0.3 is 0 Å². The summed E-state index contributed by atoms with van der Waals surface area (Å²) in [6.07, 6.45) is 2.72. The van der Waals surface area contributed by atoms with Gasteiger partial charge in [0.05, 0.1) is 6.10 Å². The fourth-order valence-electron chi connectivity index (χ4n) is 2.07. The second kappa shape index (κ2) is 9.40. The fraction of sp³-hybridized carbons (Fsp3) is 0.588. The van der Waals surface area contributed by atoms with Crippen LogP contribution in [-0.4, -0.2) is 25.2 Å². The van der Waals surface area contributed by atoms with Crippen molar-refractivity contribution in [2.45, 2.75) is 52.1 Å². The molecule has 0 aliphatic carbocycles. The first-order valence-corrected chi connectivity index (χ1v) is 7.72. The highest BCUT2D eigenvalue weighted by atomic mass is 16.5. The molecule has 0 bridgehead atoms. The van der Waals surface area contributed by atoms with Crippen molar-refractivity contribution >= 4 is 11.6 Å². The van der Waals surface area contributed by atoms with Crippen molar-refractivity contribution in [3.05, 3.63) is 29.8 Å². The van der Waals surface area contributed by atoms with Crippen LogP contribution in [0.5, 0.6) is 0 Å². The first kappa shape index (κ1) is 17.5. The molecule has 0 aliphatic rings. The quantitative estimate of drug-likeness (QED) is 0.543. The maximum absolute atomic E-state index is 11.9. The van der Waals surface area contributed by atoms with Gasteiger partial charge in [0.2, 0.25) is 5.91 Å². The smallest absolute Gasteiger partial charge is 0.220 e. The molecule has 4 nitrogen and oxygen atoms in total. The van der Waals surface area contributed by atoms with Crippen molar-refractivity contribution in [3.8, 4) is 0 Å². The van der Waals surface area contributed by atoms with Crippen molar-refractivity contribution in [2.24, 2.45) is 0 Å². The predicted molar refractivity (Wildman–Crippen MR) is 87.2 cm³/mol. The van der Waals surface area contributed by atoms with E-state index in [4.69, 9.17) is 10.5 Å². The number of ether oxygens (including phenoxy) is 1. The van der Waals surface area contributed by atoms with Crippen molar-refractivity contribution in [1.82, 2.24) is 5.32 Å². The molecule has 1 atom stereocenters. The van der Waals surface area contributed by atoms with Crippen LogP contribution in [0.4, 0.5) is 5.69 Å². The van der Waals surface area contributed by atoms with Gasteiger partial charge in [-0.1, -0.05) is 19.1 Å². The highest BCUT2D eigenvalue weighted by molar-refractivity contribution is 5.76. The fourth-order valence-corrected chi connectivity index (χ4v) is 2.07. The number of amides is 1. The van der Waals surface area contributed by atoms with Crippen LogP contribution in [0.15, 0.2) is 24.3 Å². The molecule has 1 amide bonds. The molecule has 0 aromatic heterocycles. The summed E-state index contributed by atoms with van der Waals surface area (Å²) in [4.78, 5) is 11.9. The summed E-state index contributed by atoms with van der Waals surface area (Å²) in [6, 6.07) is 7.71. The van der Waals surface area contributed by atoms with E-state index in [1.807, 2.05) is 38.1 Å². The van der Waals surface area contributed by atoms with Gasteiger partial charge in [0.25, 0.3) is 0 Å². The Kier molecular flexibility index (Phi) is 7.83. The molecule has 0 saturated carbocycles. The summed E-state index contributed by atoms with van der Waals surface area (Å²) in [6.45, 7) is 7.59. The molecule has 0 fully saturated rings. The van der Waals surface area contributed by atoms with E-state index in [1.54, 1.807) is 0 Å². The third-order valence-corrected chi connectivity index (χ3v) is 3.34. The number of unbranched alkanes of at least 4 members (excludes halogenated alkanes) is 1. The molecule has 0 aliphatic heterocycles. The van der Waals surface area contributed by atoms with E-state index in [9.17, 15) is 4.79 Å². The van der Waals surface area contributed by atoms with Gasteiger partial charge < -0.3 is 15.8 Å². The van der Waals surface area contributed by atoms with Crippen LogP contribution in [0, 0.1) is 0 Å². The minimum atomic E-state index is 0.101. The average Bonchev–Trinajstić information content (AvgIpc) is 2.43. The number of carbonyl (C=O) groups is 1. The van der Waals surface area contributed by atoms with Gasteiger partial charge in [0.15, 0.2) is 0 Å². The zero-order chi connectivity index (χ0) is 15.7. The van der Waals surface area contributed by atoms with Crippen LogP contribution in [0.3, 0.4) is 0 Å². The molecule has 4 heteroatoms. The van der Waals surface area contributed by atoms with Crippen molar-refractivity contribution in [1.29, 1.82) is 0 Å². The van der Waals surface area contributed by atoms with Gasteiger partial charge in [-0.15, -0.1) is 0 Å². The summed E-state index contributed by atoms with van der Waals surface area (Å²) in [5, 5.41) is 2.96. The average molecular weight is 292 g/mol. The maximum atomic E-state index is 11.9. The standard InChI is InChI=1S/C17H28N2O2/c1-13(2)21-11-5-4-10-19-17(20)12-14(3)15-6-8-16(18)9-7-15/h6-9,13-14H,4-5,10-12,18H2,1-3H3,(H,19,20). The topological polar surface area (TPSA) is 64.3 Å². The molecule has 0 saturated heterocycles. The first-order valence-electron chi connectivity index (χ1n) is 7.72. The minimum absolute atomic E-state index is 0.101. The number of carbonyl (C=O) groups excluding carboxylic acids is 1. The van der Waals surface area contributed by atoms with Crippen LogP contribution >= 0.6 is 0 Å². The molecule has 1 aromatic rings. The van der Waals surface area contributed by atoms with E-state index in [0.29, 0.717) is 6.42 Å². The Morgan fingerprint density at radius 1 is 1.19 bits per heavy atom. The van der Waals surface area contributed by atoms with Crippen molar-refractivity contribution in [3.63, 3.8) is 0 Å². The number of anilines is 1. The Hall–Kier alpha value is -1.55. The molecule has 3 N–H and O–H groups in total. The molecule has 118 valence electrons. The molecule has 1 unspecified atom stereocenters. The number of nitrogens with two attached hydrogens (primary N) is 1. The number of nitrogens with one attached hydrogen (secondary N) is 1. The predicted octanol–water partition coefficient (Wildman–Crippen LogP) is 3.08. The summed E-state index contributed by atoms with van der Waals surface area (Å²) < 4.78 is 5.46. The van der Waals surface area contributed by atoms with Crippen molar-refractivity contribution in [2.75, 3.05) is 18.9 Å². The summed E-state index contributed by atoms with van der Waals surface area (Å²) in [5.41, 5.74) is 7.56. The monoisotopic (exact) mass is 292 g/mol. The third-order valence-electron chi connectivity index (χ3n) is 3.34. The molecular formula is C17H28N2O2. The highest BCUT2D eigenvalue weighted by Gasteiger charge is 2.10. The summed E-state index contributed by atoms with van der Waals surface area (Å²) >= 11 is 0. The van der Waals surface area contributed by atoms with Gasteiger partial charge in [-0.3, -0.25) is 4.79 Å². The first-order chi connectivity index (χ1) is 9.99. The van der Waals surface area contributed by atoms with E-state index in [1.165, 1.54) is 0 Å². The Morgan fingerprint density at radius 2 is 1.86 bits per heavy atom. The molecule has 1 rings (SSSR count). The van der Waals surface area contributed by atoms with Crippen LogP contribution in [0.25, 0.3) is 0 Å². The van der Waals surface area contributed by atoms with Gasteiger partial charge in [0.1, 0.15) is 0 Å². The van der Waals surface area contributed by atoms with Gasteiger partial charge in [-0.05, 0) is 50.3 Å². The molecule has 0 spiro atoms. The number of rotatable bonds is 9. The Bertz CT molecular complexity index is 415. The zero-order valence-corrected chi connectivity index (χ0v) is 13.4. The van der Waals surface area contributed by atoms with Gasteiger partial charge in [0, 0.05) is 25.3 Å². The van der Waals surface area contributed by atoms with E-state index in [-0.39, 0.29) is 17.9 Å². The van der Waals surface area contributed by atoms with Crippen LogP contribution < -0.4 is 11.1 Å². The maximum Gasteiger partial charge on any atom is 0.220 e. The van der Waals surface area contributed by atoms with Crippen LogP contribution in [-0.2, 0) is 9.53 Å². The second-order valence-electron chi connectivity index (χ2n) is 5.75. The lowest BCUT2D eigenvalue weighted by molar-refractivity contribution is -0.121. The summed E-state index contributed by atoms with van der Waals surface area (Å²) in [5.74, 6) is 0.305. The molecule has 0 radical (unpaired) electrons. The zero-order valence-electron chi connectivity index (χ0n) is 13.4. The van der Waals surface area contributed by atoms with Crippen molar-refractivity contribution < 1.29 is 9.53 Å². The normalized spacial score (nSPS) is 12.4. The third kappa shape index (κ3) is 7.71. The lowest BCUT2D eigenvalue weighted by Gasteiger charge is -2.12. The molecule has 0 heterocycles. The largest absolute Gasteiger partial charge is 0.399 e. The molecule has 1 aromatic carbocycles. The number of hydrogen-bond acceptors (Lipinski definition) is 3. The Balaban J connectivity index is 2.17. The van der Waals surface area contributed by atoms with E-state index >= 15 is 0 Å². The molecule has 21 heavy (non-hydrogen) atoms. The lowest BCUT2D eigenvalue weighted by atomic mass is 9.97. The van der Waals surface area contributed by atoms with E-state index < -0.39 is 0 Å². The number of hydrogen-bond donors (Lipinski definition) is 2. The van der Waals surface area contributed by atoms with Gasteiger partial charge in [-0.2, -0.15) is 0 Å². The second-order valence-corrected chi connectivity index (χ2v) is 5.75. The summed E-state index contributed by atoms with van der Waals surface area (Å²) in [7, 11) is 0. The van der Waals surface area contributed by atoms with E-state index in [0.717, 1.165) is 37.2 Å². The van der Waals surface area contributed by atoms with Crippen LogP contribution in [0.2, 0.25) is 0 Å². The SMILES string of the molecule is CC(C)OCCCCNC(=O)CC(C)c1ccc(N)cc1. The molecular weight excluding hydrogens is 264 g/mol. The minimum Gasteiger partial charge on any atom is -0.399 e.